The van der Waals surface area contributed by atoms with Crippen molar-refractivity contribution in [1.82, 2.24) is 24.5 Å². The predicted octanol–water partition coefficient (Wildman–Crippen LogP) is 0.981. The van der Waals surface area contributed by atoms with Gasteiger partial charge in [-0.1, -0.05) is 11.3 Å². The highest BCUT2D eigenvalue weighted by atomic mass is 32.2. The van der Waals surface area contributed by atoms with Gasteiger partial charge in [-0.15, -0.1) is 10.2 Å². The maximum atomic E-state index is 12.4. The smallest absolute Gasteiger partial charge is 0.241 e. The van der Waals surface area contributed by atoms with Gasteiger partial charge in [0.2, 0.25) is 15.0 Å². The molecule has 0 aliphatic rings. The molecule has 0 fully saturated rings. The number of methoxy groups -OCH3 is 1. The van der Waals surface area contributed by atoms with Gasteiger partial charge in [-0.25, -0.2) is 13.1 Å². The number of aryl methyl sites for hydroxylation is 1. The van der Waals surface area contributed by atoms with E-state index in [1.165, 1.54) is 35.4 Å². The van der Waals surface area contributed by atoms with Crippen molar-refractivity contribution in [3.63, 3.8) is 0 Å². The number of rotatable bonds is 5. The molecule has 0 spiro atoms. The molecule has 0 amide bonds. The summed E-state index contributed by atoms with van der Waals surface area (Å²) in [5.74, 6) is 0.616. The fourth-order valence-corrected chi connectivity index (χ4v) is 4.01. The molecular formula is C12H13N5O3S2. The van der Waals surface area contributed by atoms with Crippen molar-refractivity contribution in [3.05, 3.63) is 35.1 Å². The van der Waals surface area contributed by atoms with Crippen LogP contribution in [0.5, 0.6) is 5.75 Å². The van der Waals surface area contributed by atoms with Crippen molar-refractivity contribution in [3.8, 4) is 5.75 Å². The van der Waals surface area contributed by atoms with Crippen LogP contribution in [0.4, 0.5) is 0 Å². The second kappa shape index (κ2) is 5.63. The number of ether oxygens (including phenoxy) is 1. The molecule has 10 heteroatoms. The molecule has 8 nitrogen and oxygen atoms in total. The Hall–Kier alpha value is -2.04. The SMILES string of the molecule is COc1ccc(S(=O)(=O)NCc2nn3cnnc3s2)c(C)c1. The van der Waals surface area contributed by atoms with Gasteiger partial charge in [-0.2, -0.15) is 9.61 Å². The lowest BCUT2D eigenvalue weighted by Gasteiger charge is -2.09. The summed E-state index contributed by atoms with van der Waals surface area (Å²) in [6.45, 7) is 1.82. The van der Waals surface area contributed by atoms with E-state index in [4.69, 9.17) is 4.74 Å². The van der Waals surface area contributed by atoms with E-state index in [2.05, 4.69) is 20.0 Å². The average Bonchev–Trinajstić information content (AvgIpc) is 3.05. The Balaban J connectivity index is 1.79. The Labute approximate surface area is 130 Å². The van der Waals surface area contributed by atoms with E-state index in [0.29, 0.717) is 21.3 Å². The highest BCUT2D eigenvalue weighted by molar-refractivity contribution is 7.89. The van der Waals surface area contributed by atoms with E-state index in [-0.39, 0.29) is 11.4 Å². The van der Waals surface area contributed by atoms with Gasteiger partial charge in [0.25, 0.3) is 0 Å². The minimum Gasteiger partial charge on any atom is -0.497 e. The summed E-state index contributed by atoms with van der Waals surface area (Å²) in [5.41, 5.74) is 0.616. The predicted molar refractivity (Wildman–Crippen MR) is 80.4 cm³/mol. The van der Waals surface area contributed by atoms with Crippen molar-refractivity contribution in [2.75, 3.05) is 7.11 Å². The number of aromatic nitrogens is 4. The first-order chi connectivity index (χ1) is 10.5. The van der Waals surface area contributed by atoms with Crippen molar-refractivity contribution in [1.29, 1.82) is 0 Å². The molecule has 0 saturated heterocycles. The first kappa shape index (κ1) is 14.9. The molecule has 0 aliphatic heterocycles. The van der Waals surface area contributed by atoms with Crippen molar-refractivity contribution in [2.45, 2.75) is 18.4 Å². The van der Waals surface area contributed by atoms with Crippen molar-refractivity contribution in [2.24, 2.45) is 0 Å². The molecule has 3 rings (SSSR count). The van der Waals surface area contributed by atoms with Crippen LogP contribution in [-0.2, 0) is 16.6 Å². The third-order valence-corrected chi connectivity index (χ3v) is 5.49. The van der Waals surface area contributed by atoms with E-state index in [1.54, 1.807) is 19.1 Å². The highest BCUT2D eigenvalue weighted by Gasteiger charge is 2.18. The van der Waals surface area contributed by atoms with Crippen LogP contribution in [0.3, 0.4) is 0 Å². The number of fused-ring (bicyclic) bond motifs is 1. The monoisotopic (exact) mass is 339 g/mol. The normalized spacial score (nSPS) is 11.9. The minimum atomic E-state index is -3.62. The first-order valence-corrected chi connectivity index (χ1v) is 8.59. The highest BCUT2D eigenvalue weighted by Crippen LogP contribution is 2.21. The van der Waals surface area contributed by atoms with Gasteiger partial charge >= 0.3 is 0 Å². The zero-order valence-corrected chi connectivity index (χ0v) is 13.5. The molecule has 116 valence electrons. The largest absolute Gasteiger partial charge is 0.497 e. The summed E-state index contributed by atoms with van der Waals surface area (Å²) in [5, 5.41) is 12.3. The lowest BCUT2D eigenvalue weighted by Crippen LogP contribution is -2.24. The molecule has 0 saturated carbocycles. The van der Waals surface area contributed by atoms with E-state index in [0.717, 1.165) is 0 Å². The summed E-state index contributed by atoms with van der Waals surface area (Å²) in [4.78, 5) is 0.839. The molecule has 0 radical (unpaired) electrons. The number of benzene rings is 1. The van der Waals surface area contributed by atoms with Crippen LogP contribution >= 0.6 is 11.3 Å². The van der Waals surface area contributed by atoms with E-state index >= 15 is 0 Å². The molecular weight excluding hydrogens is 326 g/mol. The number of nitrogens with one attached hydrogen (secondary N) is 1. The summed E-state index contributed by atoms with van der Waals surface area (Å²) in [6, 6.07) is 4.82. The summed E-state index contributed by atoms with van der Waals surface area (Å²) < 4.78 is 33.9. The van der Waals surface area contributed by atoms with E-state index < -0.39 is 10.0 Å². The standard InChI is InChI=1S/C12H13N5O3S2/c1-8-5-9(20-2)3-4-10(8)22(18,19)14-6-11-16-17-7-13-15-12(17)21-11/h3-5,7,14H,6H2,1-2H3. The molecule has 0 aliphatic carbocycles. The van der Waals surface area contributed by atoms with Gasteiger partial charge < -0.3 is 4.74 Å². The maximum Gasteiger partial charge on any atom is 0.241 e. The van der Waals surface area contributed by atoms with Crippen LogP contribution in [0.2, 0.25) is 0 Å². The molecule has 2 heterocycles. The molecule has 0 atom stereocenters. The zero-order valence-electron chi connectivity index (χ0n) is 11.8. The second-order valence-corrected chi connectivity index (χ2v) is 7.29. The average molecular weight is 339 g/mol. The molecule has 1 aromatic carbocycles. The molecule has 1 N–H and O–H groups in total. The Morgan fingerprint density at radius 3 is 2.91 bits per heavy atom. The van der Waals surface area contributed by atoms with E-state index in [1.807, 2.05) is 0 Å². The zero-order chi connectivity index (χ0) is 15.7. The number of hydrogen-bond donors (Lipinski definition) is 1. The van der Waals surface area contributed by atoms with Crippen molar-refractivity contribution >= 4 is 26.3 Å². The van der Waals surface area contributed by atoms with Gasteiger partial charge in [-0.05, 0) is 30.7 Å². The summed E-state index contributed by atoms with van der Waals surface area (Å²) >= 11 is 1.28. The van der Waals surface area contributed by atoms with Crippen LogP contribution in [-0.4, -0.2) is 35.3 Å². The minimum absolute atomic E-state index is 0.0990. The molecule has 2 aromatic heterocycles. The molecule has 3 aromatic rings. The fraction of sp³-hybridized carbons (Fsp3) is 0.250. The lowest BCUT2D eigenvalue weighted by atomic mass is 10.2. The molecule has 22 heavy (non-hydrogen) atoms. The van der Waals surface area contributed by atoms with Crippen LogP contribution in [0.15, 0.2) is 29.4 Å². The summed E-state index contributed by atoms with van der Waals surface area (Å²) in [7, 11) is -2.08. The third-order valence-electron chi connectivity index (χ3n) is 3.01. The van der Waals surface area contributed by atoms with Gasteiger partial charge in [0.15, 0.2) is 0 Å². The number of hydrogen-bond acceptors (Lipinski definition) is 7. The van der Waals surface area contributed by atoms with Crippen LogP contribution < -0.4 is 9.46 Å². The maximum absolute atomic E-state index is 12.4. The van der Waals surface area contributed by atoms with E-state index in [9.17, 15) is 8.42 Å². The Morgan fingerprint density at radius 2 is 2.23 bits per heavy atom. The van der Waals surface area contributed by atoms with Crippen LogP contribution in [0.25, 0.3) is 4.96 Å². The molecule has 0 bridgehead atoms. The number of nitrogens with zero attached hydrogens (tertiary/aromatic N) is 4. The van der Waals surface area contributed by atoms with Gasteiger partial charge in [-0.3, -0.25) is 0 Å². The topological polar surface area (TPSA) is 98.5 Å². The quantitative estimate of drug-likeness (QED) is 0.744. The Morgan fingerprint density at radius 1 is 1.41 bits per heavy atom. The lowest BCUT2D eigenvalue weighted by molar-refractivity contribution is 0.414. The van der Waals surface area contributed by atoms with Gasteiger partial charge in [0.05, 0.1) is 18.6 Å². The Kier molecular flexibility index (Phi) is 3.81. The summed E-state index contributed by atoms with van der Waals surface area (Å²) in [6.07, 6.45) is 1.47. The first-order valence-electron chi connectivity index (χ1n) is 6.29. The Bertz CT molecular complexity index is 887. The fourth-order valence-electron chi connectivity index (χ4n) is 1.96. The second-order valence-electron chi connectivity index (χ2n) is 4.51. The number of sulfonamides is 1. The van der Waals surface area contributed by atoms with Gasteiger partial charge in [0.1, 0.15) is 17.1 Å². The van der Waals surface area contributed by atoms with Crippen LogP contribution in [0, 0.1) is 6.92 Å². The molecule has 0 unspecified atom stereocenters. The van der Waals surface area contributed by atoms with Gasteiger partial charge in [0, 0.05) is 0 Å². The third kappa shape index (κ3) is 2.80. The van der Waals surface area contributed by atoms with Crippen LogP contribution in [0.1, 0.15) is 10.6 Å². The van der Waals surface area contributed by atoms with Crippen molar-refractivity contribution < 1.29 is 13.2 Å².